The molecule has 5 rings (SSSR count). The SMILES string of the molecule is CC(=O)O.COc1cc(C(Cc2ccc(C(=N)N)cc2)c2nn(-c3cccnn3)c(=O)[nH]2)ccc1OCc1ccccn1. The first-order valence-corrected chi connectivity index (χ1v) is 13.1. The highest BCUT2D eigenvalue weighted by Gasteiger charge is 2.23. The van der Waals surface area contributed by atoms with Gasteiger partial charge in [-0.2, -0.15) is 9.78 Å². The number of aromatic amines is 1. The van der Waals surface area contributed by atoms with Crippen molar-refractivity contribution in [2.45, 2.75) is 25.9 Å². The maximum absolute atomic E-state index is 12.8. The molecule has 13 nitrogen and oxygen atoms in total. The molecule has 2 aromatic carbocycles. The van der Waals surface area contributed by atoms with Gasteiger partial charge in [-0.3, -0.25) is 20.2 Å². The Morgan fingerprint density at radius 2 is 1.84 bits per heavy atom. The molecule has 0 aliphatic heterocycles. The Morgan fingerprint density at radius 3 is 2.47 bits per heavy atom. The Hall–Kier alpha value is -5.85. The minimum Gasteiger partial charge on any atom is -0.493 e. The van der Waals surface area contributed by atoms with E-state index in [9.17, 15) is 4.79 Å². The van der Waals surface area contributed by atoms with Crippen LogP contribution in [-0.4, -0.2) is 54.0 Å². The fourth-order valence-corrected chi connectivity index (χ4v) is 4.14. The first-order valence-electron chi connectivity index (χ1n) is 13.1. The number of rotatable bonds is 10. The number of hydrogen-bond acceptors (Lipinski definition) is 9. The summed E-state index contributed by atoms with van der Waals surface area (Å²) in [6.07, 6.45) is 3.75. The molecular weight excluding hydrogens is 552 g/mol. The van der Waals surface area contributed by atoms with Gasteiger partial charge in [0, 0.05) is 30.8 Å². The molecule has 5 aromatic rings. The van der Waals surface area contributed by atoms with Crippen molar-refractivity contribution >= 4 is 11.8 Å². The third kappa shape index (κ3) is 8.10. The van der Waals surface area contributed by atoms with Crippen molar-refractivity contribution in [2.75, 3.05) is 7.11 Å². The average molecular weight is 583 g/mol. The van der Waals surface area contributed by atoms with Gasteiger partial charge in [0.25, 0.3) is 5.97 Å². The number of carboxylic acid groups (broad SMARTS) is 1. The molecule has 0 saturated heterocycles. The molecule has 0 aliphatic carbocycles. The number of hydrogen-bond donors (Lipinski definition) is 4. The van der Waals surface area contributed by atoms with Gasteiger partial charge in [0.2, 0.25) is 0 Å². The van der Waals surface area contributed by atoms with Crippen LogP contribution < -0.4 is 20.9 Å². The quantitative estimate of drug-likeness (QED) is 0.140. The van der Waals surface area contributed by atoms with E-state index in [1.807, 2.05) is 48.5 Å². The summed E-state index contributed by atoms with van der Waals surface area (Å²) < 4.78 is 12.8. The van der Waals surface area contributed by atoms with Crippen LogP contribution in [0.25, 0.3) is 5.82 Å². The highest BCUT2D eigenvalue weighted by Crippen LogP contribution is 2.34. The monoisotopic (exact) mass is 582 g/mol. The van der Waals surface area contributed by atoms with Crippen LogP contribution in [-0.2, 0) is 17.8 Å². The summed E-state index contributed by atoms with van der Waals surface area (Å²) in [5.41, 5.74) is 8.44. The van der Waals surface area contributed by atoms with Crippen LogP contribution >= 0.6 is 0 Å². The molecular formula is C30H30N8O5. The zero-order chi connectivity index (χ0) is 30.8. The Labute approximate surface area is 246 Å². The summed E-state index contributed by atoms with van der Waals surface area (Å²) in [5.74, 6) is 0.677. The summed E-state index contributed by atoms with van der Waals surface area (Å²) in [6, 6.07) is 22.0. The molecule has 0 spiro atoms. The lowest BCUT2D eigenvalue weighted by molar-refractivity contribution is -0.134. The lowest BCUT2D eigenvalue weighted by Crippen LogP contribution is -2.17. The number of methoxy groups -OCH3 is 1. The standard InChI is InChI=1S/C28H26N8O3.C2H4O2/c1-38-24-16-20(11-12-23(24)39-17-21-5-2-3-13-31-21)22(15-18-7-9-19(10-8-18)26(29)30)27-33-28(37)36(35-27)25-6-4-14-32-34-25;1-2(3)4/h2-14,16,22H,15,17H2,1H3,(H3,29,30)(H,33,35,37);1H3,(H,3,4). The normalized spacial score (nSPS) is 11.1. The van der Waals surface area contributed by atoms with Crippen LogP contribution in [0.1, 0.15) is 41.1 Å². The van der Waals surface area contributed by atoms with Crippen molar-refractivity contribution in [3.05, 3.63) is 124 Å². The number of ether oxygens (including phenoxy) is 2. The van der Waals surface area contributed by atoms with Gasteiger partial charge in [0.1, 0.15) is 18.3 Å². The summed E-state index contributed by atoms with van der Waals surface area (Å²) in [6.45, 7) is 1.37. The number of amidine groups is 1. The van der Waals surface area contributed by atoms with Gasteiger partial charge in [-0.05, 0) is 53.9 Å². The van der Waals surface area contributed by atoms with Gasteiger partial charge in [-0.1, -0.05) is 36.4 Å². The van der Waals surface area contributed by atoms with Crippen LogP contribution in [0.3, 0.4) is 0 Å². The van der Waals surface area contributed by atoms with Gasteiger partial charge in [-0.15, -0.1) is 10.2 Å². The number of nitrogen functional groups attached to an aromatic ring is 1. The Kier molecular flexibility index (Phi) is 9.92. The lowest BCUT2D eigenvalue weighted by atomic mass is 9.90. The van der Waals surface area contributed by atoms with Crippen molar-refractivity contribution in [3.8, 4) is 17.3 Å². The van der Waals surface area contributed by atoms with Crippen LogP contribution in [0.5, 0.6) is 11.5 Å². The highest BCUT2D eigenvalue weighted by atomic mass is 16.5. The fraction of sp³-hybridized carbons (Fsp3) is 0.167. The third-order valence-corrected chi connectivity index (χ3v) is 6.14. The summed E-state index contributed by atoms with van der Waals surface area (Å²) >= 11 is 0. The molecule has 0 bridgehead atoms. The van der Waals surface area contributed by atoms with Crippen LogP contribution in [0.2, 0.25) is 0 Å². The number of nitrogens with one attached hydrogen (secondary N) is 2. The number of nitrogens with two attached hydrogens (primary N) is 1. The first kappa shape index (κ1) is 30.1. The second-order valence-corrected chi connectivity index (χ2v) is 9.22. The predicted molar refractivity (Wildman–Crippen MR) is 158 cm³/mol. The minimum absolute atomic E-state index is 0.00354. The molecule has 1 unspecified atom stereocenters. The molecule has 0 saturated carbocycles. The number of aliphatic carboxylic acids is 1. The van der Waals surface area contributed by atoms with Gasteiger partial charge in [-0.25, -0.2) is 4.79 Å². The molecule has 3 aromatic heterocycles. The first-order chi connectivity index (χ1) is 20.7. The summed E-state index contributed by atoms with van der Waals surface area (Å²) in [4.78, 5) is 29.0. The number of H-pyrrole nitrogens is 1. The summed E-state index contributed by atoms with van der Waals surface area (Å²) in [7, 11) is 1.58. The maximum Gasteiger partial charge on any atom is 0.349 e. The van der Waals surface area contributed by atoms with E-state index in [0.717, 1.165) is 23.7 Å². The molecule has 0 amide bonds. The van der Waals surface area contributed by atoms with E-state index >= 15 is 0 Å². The average Bonchev–Trinajstić information content (AvgIpc) is 3.40. The van der Waals surface area contributed by atoms with Gasteiger partial charge in [0.05, 0.1) is 12.8 Å². The van der Waals surface area contributed by atoms with Crippen LogP contribution in [0.15, 0.2) is 90.0 Å². The number of benzene rings is 2. The molecule has 0 radical (unpaired) electrons. The van der Waals surface area contributed by atoms with E-state index in [2.05, 4.69) is 25.3 Å². The largest absolute Gasteiger partial charge is 0.493 e. The fourth-order valence-electron chi connectivity index (χ4n) is 4.14. The van der Waals surface area contributed by atoms with E-state index in [1.165, 1.54) is 10.9 Å². The van der Waals surface area contributed by atoms with Crippen molar-refractivity contribution in [1.29, 1.82) is 5.41 Å². The van der Waals surface area contributed by atoms with E-state index in [4.69, 9.17) is 30.5 Å². The second-order valence-electron chi connectivity index (χ2n) is 9.22. The number of nitrogens with zero attached hydrogens (tertiary/aromatic N) is 5. The Bertz CT molecular complexity index is 1720. The van der Waals surface area contributed by atoms with Gasteiger partial charge in [0.15, 0.2) is 17.3 Å². The van der Waals surface area contributed by atoms with Crippen LogP contribution in [0, 0.1) is 5.41 Å². The number of aromatic nitrogens is 6. The van der Waals surface area contributed by atoms with Crippen molar-refractivity contribution < 1.29 is 19.4 Å². The summed E-state index contributed by atoms with van der Waals surface area (Å²) in [5, 5.41) is 27.5. The molecule has 3 heterocycles. The molecule has 220 valence electrons. The number of carbonyl (C=O) groups is 1. The molecule has 5 N–H and O–H groups in total. The molecule has 43 heavy (non-hydrogen) atoms. The molecule has 0 fully saturated rings. The van der Waals surface area contributed by atoms with E-state index < -0.39 is 11.7 Å². The van der Waals surface area contributed by atoms with E-state index in [1.54, 1.807) is 37.6 Å². The minimum atomic E-state index is -0.833. The zero-order valence-corrected chi connectivity index (χ0v) is 23.5. The van der Waals surface area contributed by atoms with Gasteiger partial charge >= 0.3 is 5.69 Å². The lowest BCUT2D eigenvalue weighted by Gasteiger charge is -2.18. The predicted octanol–water partition coefficient (Wildman–Crippen LogP) is 3.08. The third-order valence-electron chi connectivity index (χ3n) is 6.14. The Balaban J connectivity index is 0.000000996. The van der Waals surface area contributed by atoms with E-state index in [-0.39, 0.29) is 18.4 Å². The van der Waals surface area contributed by atoms with Crippen molar-refractivity contribution in [3.63, 3.8) is 0 Å². The van der Waals surface area contributed by atoms with E-state index in [0.29, 0.717) is 35.1 Å². The molecule has 0 aliphatic rings. The molecule has 1 atom stereocenters. The number of pyridine rings is 1. The molecule has 13 heteroatoms. The highest BCUT2D eigenvalue weighted by molar-refractivity contribution is 5.94. The van der Waals surface area contributed by atoms with Crippen molar-refractivity contribution in [1.82, 2.24) is 29.9 Å². The topological polar surface area (TPSA) is 195 Å². The second kappa shape index (κ2) is 14.2. The number of carboxylic acids is 1. The van der Waals surface area contributed by atoms with Gasteiger partial charge < -0.3 is 20.3 Å². The Morgan fingerprint density at radius 1 is 1.07 bits per heavy atom. The smallest absolute Gasteiger partial charge is 0.349 e. The van der Waals surface area contributed by atoms with Crippen LogP contribution in [0.4, 0.5) is 0 Å². The zero-order valence-electron chi connectivity index (χ0n) is 23.5. The maximum atomic E-state index is 12.8. The van der Waals surface area contributed by atoms with Crippen molar-refractivity contribution in [2.24, 2.45) is 5.73 Å².